The molecule has 0 aromatic heterocycles. The van der Waals surface area contributed by atoms with E-state index in [0.717, 1.165) is 68.1 Å². The maximum absolute atomic E-state index is 6.44. The van der Waals surface area contributed by atoms with E-state index in [2.05, 4.69) is 215 Å². The Morgan fingerprint density at radius 3 is 1.12 bits per heavy atom. The highest BCUT2D eigenvalue weighted by molar-refractivity contribution is 5.81. The molecular weight excluding hydrogens is 733 g/mol. The SMILES string of the molecule is CC(C)(C)Oc1cccc(N(c2ccccc2)c2ccc(-c3ccc(N(c4ccccc4)c4cccc(Oc5ccc(-c6ccc(C(C)(C)C)cc6)cc5)c4)cc3)cc2)c1. The molecule has 4 nitrogen and oxygen atoms in total. The Hall–Kier alpha value is -7.04. The van der Waals surface area contributed by atoms with Gasteiger partial charge in [-0.05, 0) is 139 Å². The first-order valence-electron chi connectivity index (χ1n) is 20.7. The zero-order chi connectivity index (χ0) is 41.7. The van der Waals surface area contributed by atoms with E-state index in [1.807, 2.05) is 42.5 Å². The van der Waals surface area contributed by atoms with Crippen molar-refractivity contribution in [3.63, 3.8) is 0 Å². The molecule has 0 aliphatic rings. The van der Waals surface area contributed by atoms with Gasteiger partial charge in [-0.2, -0.15) is 0 Å². The number of rotatable bonds is 11. The first-order chi connectivity index (χ1) is 29.0. The smallest absolute Gasteiger partial charge is 0.129 e. The van der Waals surface area contributed by atoms with Gasteiger partial charge in [-0.3, -0.25) is 0 Å². The van der Waals surface area contributed by atoms with Gasteiger partial charge in [-0.1, -0.05) is 130 Å². The van der Waals surface area contributed by atoms with Crippen LogP contribution in [0, 0.1) is 0 Å². The highest BCUT2D eigenvalue weighted by Crippen LogP contribution is 2.40. The van der Waals surface area contributed by atoms with Crippen molar-refractivity contribution in [2.75, 3.05) is 9.80 Å². The van der Waals surface area contributed by atoms with Crippen LogP contribution in [0.25, 0.3) is 22.3 Å². The van der Waals surface area contributed by atoms with E-state index in [1.165, 1.54) is 11.1 Å². The van der Waals surface area contributed by atoms with Crippen LogP contribution >= 0.6 is 0 Å². The van der Waals surface area contributed by atoms with Crippen LogP contribution in [0.15, 0.2) is 206 Å². The second kappa shape index (κ2) is 17.1. The zero-order valence-electron chi connectivity index (χ0n) is 35.3. The third kappa shape index (κ3) is 9.46. The first kappa shape index (κ1) is 39.8. The summed E-state index contributed by atoms with van der Waals surface area (Å²) < 4.78 is 12.7. The molecule has 0 N–H and O–H groups in total. The minimum absolute atomic E-state index is 0.127. The predicted molar refractivity (Wildman–Crippen MR) is 252 cm³/mol. The van der Waals surface area contributed by atoms with Gasteiger partial charge in [0.25, 0.3) is 0 Å². The standard InChI is InChI=1S/C56H52N2O2/c1-55(2,3)45-31-23-41(24-32-45)44-29-37-52(38-30-44)59-53-21-13-19-50(39-53)57(46-15-9-7-10-16-46)48-33-25-42(26-34-48)43-27-35-49(36-28-43)58(47-17-11-8-12-18-47)51-20-14-22-54(40-51)60-56(4,5)6/h7-40H,1-6H3. The number of hydrogen-bond acceptors (Lipinski definition) is 4. The van der Waals surface area contributed by atoms with E-state index in [9.17, 15) is 0 Å². The lowest BCUT2D eigenvalue weighted by atomic mass is 9.86. The summed E-state index contributed by atoms with van der Waals surface area (Å²) in [5.41, 5.74) is 12.1. The van der Waals surface area contributed by atoms with E-state index >= 15 is 0 Å². The summed E-state index contributed by atoms with van der Waals surface area (Å²) in [6.45, 7) is 12.9. The first-order valence-corrected chi connectivity index (χ1v) is 20.7. The summed E-state index contributed by atoms with van der Waals surface area (Å²) in [6.07, 6.45) is 0. The molecule has 0 radical (unpaired) electrons. The number of anilines is 6. The molecule has 0 aliphatic heterocycles. The third-order valence-corrected chi connectivity index (χ3v) is 10.4. The van der Waals surface area contributed by atoms with Gasteiger partial charge in [0.05, 0.1) is 0 Å². The number of para-hydroxylation sites is 2. The minimum Gasteiger partial charge on any atom is -0.488 e. The Morgan fingerprint density at radius 2 is 0.683 bits per heavy atom. The summed E-state index contributed by atoms with van der Waals surface area (Å²) in [4.78, 5) is 4.53. The van der Waals surface area contributed by atoms with Gasteiger partial charge in [0.1, 0.15) is 22.8 Å². The lowest BCUT2D eigenvalue weighted by Gasteiger charge is -2.27. The monoisotopic (exact) mass is 784 g/mol. The van der Waals surface area contributed by atoms with Gasteiger partial charge in [0, 0.05) is 46.3 Å². The van der Waals surface area contributed by atoms with Crippen molar-refractivity contribution in [2.45, 2.75) is 52.6 Å². The highest BCUT2D eigenvalue weighted by Gasteiger charge is 2.18. The average molecular weight is 785 g/mol. The lowest BCUT2D eigenvalue weighted by molar-refractivity contribution is 0.131. The molecule has 0 saturated carbocycles. The number of ether oxygens (including phenoxy) is 2. The van der Waals surface area contributed by atoms with Crippen molar-refractivity contribution >= 4 is 34.1 Å². The van der Waals surface area contributed by atoms with Gasteiger partial charge in [0.15, 0.2) is 0 Å². The maximum atomic E-state index is 6.44. The minimum atomic E-state index is -0.293. The van der Waals surface area contributed by atoms with E-state index in [0.29, 0.717) is 0 Å². The summed E-state index contributed by atoms with van der Waals surface area (Å²) in [5.74, 6) is 2.40. The summed E-state index contributed by atoms with van der Waals surface area (Å²) in [6, 6.07) is 72.2. The molecule has 0 spiro atoms. The fraction of sp³-hybridized carbons (Fsp3) is 0.143. The van der Waals surface area contributed by atoms with E-state index in [4.69, 9.17) is 9.47 Å². The van der Waals surface area contributed by atoms with Crippen molar-refractivity contribution in [2.24, 2.45) is 0 Å². The molecule has 60 heavy (non-hydrogen) atoms. The Kier molecular flexibility index (Phi) is 11.3. The molecule has 0 atom stereocenters. The third-order valence-electron chi connectivity index (χ3n) is 10.4. The topological polar surface area (TPSA) is 24.9 Å². The van der Waals surface area contributed by atoms with Crippen molar-refractivity contribution in [3.8, 4) is 39.5 Å². The summed E-state index contributed by atoms with van der Waals surface area (Å²) in [5, 5.41) is 0. The van der Waals surface area contributed by atoms with Crippen LogP contribution in [-0.4, -0.2) is 5.60 Å². The van der Waals surface area contributed by atoms with Crippen LogP contribution in [0.5, 0.6) is 17.2 Å². The maximum Gasteiger partial charge on any atom is 0.129 e. The summed E-state index contributed by atoms with van der Waals surface area (Å²) >= 11 is 0. The van der Waals surface area contributed by atoms with Gasteiger partial charge in [0.2, 0.25) is 0 Å². The quantitative estimate of drug-likeness (QED) is 0.130. The van der Waals surface area contributed by atoms with Crippen LogP contribution in [0.3, 0.4) is 0 Å². The van der Waals surface area contributed by atoms with E-state index < -0.39 is 0 Å². The molecule has 8 aromatic rings. The number of nitrogens with zero attached hydrogens (tertiary/aromatic N) is 2. The molecule has 0 heterocycles. The van der Waals surface area contributed by atoms with Crippen LogP contribution in [0.2, 0.25) is 0 Å². The van der Waals surface area contributed by atoms with E-state index in [-0.39, 0.29) is 11.0 Å². The van der Waals surface area contributed by atoms with Gasteiger partial charge >= 0.3 is 0 Å². The van der Waals surface area contributed by atoms with E-state index in [1.54, 1.807) is 0 Å². The molecule has 0 amide bonds. The second-order valence-corrected chi connectivity index (χ2v) is 17.1. The van der Waals surface area contributed by atoms with Crippen LogP contribution < -0.4 is 19.3 Å². The molecule has 0 saturated heterocycles. The van der Waals surface area contributed by atoms with Crippen molar-refractivity contribution in [1.29, 1.82) is 0 Å². The molecule has 0 bridgehead atoms. The zero-order valence-corrected chi connectivity index (χ0v) is 35.3. The molecular formula is C56H52N2O2. The van der Waals surface area contributed by atoms with Crippen LogP contribution in [0.4, 0.5) is 34.1 Å². The second-order valence-electron chi connectivity index (χ2n) is 17.1. The van der Waals surface area contributed by atoms with Crippen molar-refractivity contribution in [3.05, 3.63) is 212 Å². The molecule has 0 fully saturated rings. The van der Waals surface area contributed by atoms with Gasteiger partial charge in [-0.15, -0.1) is 0 Å². The highest BCUT2D eigenvalue weighted by atomic mass is 16.5. The summed E-state index contributed by atoms with van der Waals surface area (Å²) in [7, 11) is 0. The van der Waals surface area contributed by atoms with Crippen LogP contribution in [-0.2, 0) is 5.41 Å². The lowest BCUT2D eigenvalue weighted by Crippen LogP contribution is -2.23. The largest absolute Gasteiger partial charge is 0.488 e. The fourth-order valence-corrected chi connectivity index (χ4v) is 7.39. The van der Waals surface area contributed by atoms with Gasteiger partial charge < -0.3 is 19.3 Å². The fourth-order valence-electron chi connectivity index (χ4n) is 7.39. The normalized spacial score (nSPS) is 11.5. The number of hydrogen-bond donors (Lipinski definition) is 0. The Labute approximate surface area is 355 Å². The predicted octanol–water partition coefficient (Wildman–Crippen LogP) is 16.2. The van der Waals surface area contributed by atoms with Gasteiger partial charge in [-0.25, -0.2) is 0 Å². The molecule has 4 heteroatoms. The molecule has 298 valence electrons. The molecule has 0 aliphatic carbocycles. The number of benzene rings is 8. The molecule has 8 rings (SSSR count). The van der Waals surface area contributed by atoms with Crippen molar-refractivity contribution in [1.82, 2.24) is 0 Å². The average Bonchev–Trinajstić information content (AvgIpc) is 3.25. The molecule has 0 unspecified atom stereocenters. The molecule has 8 aromatic carbocycles. The van der Waals surface area contributed by atoms with Crippen LogP contribution in [0.1, 0.15) is 47.1 Å². The Bertz CT molecular complexity index is 2620. The van der Waals surface area contributed by atoms with Crippen molar-refractivity contribution < 1.29 is 9.47 Å². The Morgan fingerprint density at radius 1 is 0.317 bits per heavy atom. The Balaban J connectivity index is 1.03.